The zero-order valence-electron chi connectivity index (χ0n) is 14.1. The number of nitrogens with zero attached hydrogens (tertiary/aromatic N) is 1. The smallest absolute Gasteiger partial charge is 0.257 e. The number of carbonyl (C=O) groups excluding carboxylic acids is 1. The summed E-state index contributed by atoms with van der Waals surface area (Å²) in [7, 11) is 0. The lowest BCUT2D eigenvalue weighted by Crippen LogP contribution is -2.29. The highest BCUT2D eigenvalue weighted by molar-refractivity contribution is 9.10. The molecule has 26 heavy (non-hydrogen) atoms. The maximum absolute atomic E-state index is 12.9. The largest absolute Gasteiger partial charge is 0.348 e. The molecule has 0 spiro atoms. The van der Waals surface area contributed by atoms with Crippen LogP contribution in [0.25, 0.3) is 10.9 Å². The van der Waals surface area contributed by atoms with Crippen LogP contribution in [0.5, 0.6) is 0 Å². The molecule has 1 atom stereocenters. The monoisotopic (exact) mass is 430 g/mol. The summed E-state index contributed by atoms with van der Waals surface area (Å²) in [4.78, 5) is 25.6. The van der Waals surface area contributed by atoms with Crippen LogP contribution in [0.1, 0.15) is 34.5 Å². The molecule has 1 aliphatic rings. The predicted octanol–water partition coefficient (Wildman–Crippen LogP) is 4.46. The summed E-state index contributed by atoms with van der Waals surface area (Å²) in [6, 6.07) is 11.4. The number of aromatic nitrogens is 1. The van der Waals surface area contributed by atoms with Crippen molar-refractivity contribution in [1.82, 2.24) is 9.88 Å². The van der Waals surface area contributed by atoms with Gasteiger partial charge in [-0.15, -0.1) is 0 Å². The third kappa shape index (κ3) is 2.85. The maximum Gasteiger partial charge on any atom is 0.257 e. The van der Waals surface area contributed by atoms with Crippen LogP contribution in [-0.4, -0.2) is 10.5 Å². The lowest BCUT2D eigenvalue weighted by atomic mass is 10.1. The van der Waals surface area contributed by atoms with Gasteiger partial charge in [-0.2, -0.15) is 0 Å². The van der Waals surface area contributed by atoms with Crippen LogP contribution in [0.2, 0.25) is 5.02 Å². The molecule has 6 heteroatoms. The molecule has 2 aromatic carbocycles. The molecule has 4 nitrogen and oxygen atoms in total. The van der Waals surface area contributed by atoms with Crippen LogP contribution in [0.4, 0.5) is 0 Å². The first-order valence-corrected chi connectivity index (χ1v) is 9.51. The van der Waals surface area contributed by atoms with Crippen molar-refractivity contribution in [3.05, 3.63) is 79.0 Å². The Labute approximate surface area is 163 Å². The van der Waals surface area contributed by atoms with Crippen LogP contribution < -0.4 is 10.7 Å². The topological polar surface area (TPSA) is 51.1 Å². The Morgan fingerprint density at radius 3 is 2.88 bits per heavy atom. The maximum atomic E-state index is 12.9. The SMILES string of the molecule is CC1Cc2cc(Br)cc3c(=O)c(C(=O)NCc4ccccc4Cl)cn1c23. The van der Waals surface area contributed by atoms with Crippen LogP contribution in [0.3, 0.4) is 0 Å². The summed E-state index contributed by atoms with van der Waals surface area (Å²) < 4.78 is 2.88. The van der Waals surface area contributed by atoms with Crippen LogP contribution in [0.15, 0.2) is 51.9 Å². The van der Waals surface area contributed by atoms with Gasteiger partial charge in [0.1, 0.15) is 5.56 Å². The van der Waals surface area contributed by atoms with Crippen molar-refractivity contribution in [2.75, 3.05) is 0 Å². The van der Waals surface area contributed by atoms with Gasteiger partial charge in [-0.25, -0.2) is 0 Å². The molecule has 0 saturated heterocycles. The van der Waals surface area contributed by atoms with Crippen molar-refractivity contribution >= 4 is 44.3 Å². The number of hydrogen-bond acceptors (Lipinski definition) is 2. The average molecular weight is 432 g/mol. The number of halogens is 2. The summed E-state index contributed by atoms with van der Waals surface area (Å²) in [5.74, 6) is -0.388. The molecule has 1 unspecified atom stereocenters. The number of amides is 1. The summed E-state index contributed by atoms with van der Waals surface area (Å²) in [5, 5.41) is 3.97. The molecule has 3 aromatic rings. The molecule has 0 bridgehead atoms. The number of benzene rings is 2. The van der Waals surface area contributed by atoms with Gasteiger partial charge in [0.05, 0.1) is 5.52 Å². The second-order valence-corrected chi connectivity index (χ2v) is 7.89. The van der Waals surface area contributed by atoms with E-state index in [9.17, 15) is 9.59 Å². The highest BCUT2D eigenvalue weighted by Gasteiger charge is 2.25. The second kappa shape index (κ2) is 6.56. The minimum absolute atomic E-state index is 0.155. The summed E-state index contributed by atoms with van der Waals surface area (Å²) in [6.07, 6.45) is 2.53. The van der Waals surface area contributed by atoms with Gasteiger partial charge >= 0.3 is 0 Å². The fourth-order valence-corrected chi connectivity index (χ4v) is 4.24. The van der Waals surface area contributed by atoms with Gasteiger partial charge in [-0.05, 0) is 42.7 Å². The van der Waals surface area contributed by atoms with Crippen molar-refractivity contribution in [2.24, 2.45) is 0 Å². The molecule has 1 aliphatic heterocycles. The Bertz CT molecular complexity index is 1110. The fourth-order valence-electron chi connectivity index (χ4n) is 3.54. The fraction of sp³-hybridized carbons (Fsp3) is 0.200. The molecule has 0 aliphatic carbocycles. The lowest BCUT2D eigenvalue weighted by Gasteiger charge is -2.13. The summed E-state index contributed by atoms with van der Waals surface area (Å²) >= 11 is 9.60. The molecule has 0 fully saturated rings. The third-order valence-corrected chi connectivity index (χ3v) is 5.63. The van der Waals surface area contributed by atoms with E-state index in [1.165, 1.54) is 0 Å². The van der Waals surface area contributed by atoms with Gasteiger partial charge < -0.3 is 9.88 Å². The Morgan fingerprint density at radius 1 is 1.35 bits per heavy atom. The zero-order chi connectivity index (χ0) is 18.4. The van der Waals surface area contributed by atoms with E-state index in [1.54, 1.807) is 18.3 Å². The molecule has 1 N–H and O–H groups in total. The Morgan fingerprint density at radius 2 is 2.12 bits per heavy atom. The Kier molecular flexibility index (Phi) is 4.37. The molecule has 4 rings (SSSR count). The van der Waals surface area contributed by atoms with Crippen molar-refractivity contribution in [1.29, 1.82) is 0 Å². The second-order valence-electron chi connectivity index (χ2n) is 6.57. The summed E-state index contributed by atoms with van der Waals surface area (Å²) in [5.41, 5.74) is 2.77. The molecule has 1 aromatic heterocycles. The molecular formula is C20H16BrClN2O2. The van der Waals surface area contributed by atoms with Crippen molar-refractivity contribution < 1.29 is 4.79 Å². The van der Waals surface area contributed by atoms with E-state index in [0.29, 0.717) is 10.4 Å². The minimum atomic E-state index is -0.388. The molecule has 132 valence electrons. The van der Waals surface area contributed by atoms with Crippen LogP contribution >= 0.6 is 27.5 Å². The van der Waals surface area contributed by atoms with Gasteiger partial charge in [0.15, 0.2) is 0 Å². The number of hydrogen-bond donors (Lipinski definition) is 1. The molecule has 0 radical (unpaired) electrons. The van der Waals surface area contributed by atoms with E-state index in [1.807, 2.05) is 28.8 Å². The van der Waals surface area contributed by atoms with Crippen molar-refractivity contribution in [3.63, 3.8) is 0 Å². The number of pyridine rings is 1. The number of carbonyl (C=O) groups is 1. The first-order chi connectivity index (χ1) is 12.5. The highest BCUT2D eigenvalue weighted by Crippen LogP contribution is 2.33. The number of rotatable bonds is 3. The van der Waals surface area contributed by atoms with Gasteiger partial charge in [-0.1, -0.05) is 45.7 Å². The van der Waals surface area contributed by atoms with E-state index < -0.39 is 0 Å². The van der Waals surface area contributed by atoms with Crippen LogP contribution in [-0.2, 0) is 13.0 Å². The molecular weight excluding hydrogens is 416 g/mol. The van der Waals surface area contributed by atoms with E-state index in [-0.39, 0.29) is 29.5 Å². The predicted molar refractivity (Wildman–Crippen MR) is 107 cm³/mol. The summed E-state index contributed by atoms with van der Waals surface area (Å²) in [6.45, 7) is 2.36. The van der Waals surface area contributed by atoms with Gasteiger partial charge in [0.25, 0.3) is 5.91 Å². The Balaban J connectivity index is 1.74. The van der Waals surface area contributed by atoms with Gasteiger partial charge in [0, 0.05) is 33.7 Å². The van der Waals surface area contributed by atoms with Crippen molar-refractivity contribution in [3.8, 4) is 0 Å². The first-order valence-electron chi connectivity index (χ1n) is 8.34. The average Bonchev–Trinajstić information content (AvgIpc) is 2.92. The minimum Gasteiger partial charge on any atom is -0.348 e. The van der Waals surface area contributed by atoms with E-state index in [4.69, 9.17) is 11.6 Å². The van der Waals surface area contributed by atoms with Crippen LogP contribution in [0, 0.1) is 0 Å². The lowest BCUT2D eigenvalue weighted by molar-refractivity contribution is 0.0949. The van der Waals surface area contributed by atoms with E-state index in [0.717, 1.165) is 27.5 Å². The normalized spacial score (nSPS) is 15.4. The van der Waals surface area contributed by atoms with E-state index >= 15 is 0 Å². The molecule has 1 amide bonds. The highest BCUT2D eigenvalue weighted by atomic mass is 79.9. The zero-order valence-corrected chi connectivity index (χ0v) is 16.4. The quantitative estimate of drug-likeness (QED) is 0.665. The van der Waals surface area contributed by atoms with Crippen molar-refractivity contribution in [2.45, 2.75) is 25.9 Å². The van der Waals surface area contributed by atoms with Gasteiger partial charge in [-0.3, -0.25) is 9.59 Å². The molecule has 0 saturated carbocycles. The standard InChI is InChI=1S/C20H16BrClN2O2/c1-11-6-13-7-14(21)8-15-18(13)24(11)10-16(19(15)25)20(26)23-9-12-4-2-3-5-17(12)22/h2-5,7-8,10-11H,6,9H2,1H3,(H,23,26). The van der Waals surface area contributed by atoms with E-state index in [2.05, 4.69) is 28.2 Å². The Hall–Kier alpha value is -2.11. The third-order valence-electron chi connectivity index (χ3n) is 4.80. The molecule has 2 heterocycles. The number of nitrogens with one attached hydrogen (secondary N) is 1. The first kappa shape index (κ1) is 17.3. The van der Waals surface area contributed by atoms with Gasteiger partial charge in [0.2, 0.25) is 5.43 Å².